The first kappa shape index (κ1) is 17.7. The lowest BCUT2D eigenvalue weighted by Crippen LogP contribution is -2.34. The van der Waals surface area contributed by atoms with Gasteiger partial charge in [0.2, 0.25) is 10.0 Å². The zero-order chi connectivity index (χ0) is 16.0. The van der Waals surface area contributed by atoms with E-state index in [0.717, 1.165) is 5.56 Å². The summed E-state index contributed by atoms with van der Waals surface area (Å²) in [6.45, 7) is 8.89. The number of hydrogen-bond donors (Lipinski definition) is 1. The maximum absolute atomic E-state index is 12.8. The highest BCUT2D eigenvalue weighted by Gasteiger charge is 2.25. The third kappa shape index (κ3) is 4.57. The number of benzene rings is 1. The van der Waals surface area contributed by atoms with E-state index in [1.165, 1.54) is 4.31 Å². The average molecular weight is 308 g/mol. The van der Waals surface area contributed by atoms with Crippen LogP contribution in [-0.2, 0) is 10.0 Å². The maximum atomic E-state index is 12.8. The van der Waals surface area contributed by atoms with Gasteiger partial charge in [-0.05, 0) is 30.5 Å². The van der Waals surface area contributed by atoms with Crippen molar-refractivity contribution in [2.45, 2.75) is 32.6 Å². The van der Waals surface area contributed by atoms with E-state index in [2.05, 4.69) is 11.8 Å². The van der Waals surface area contributed by atoms with Gasteiger partial charge in [0.05, 0.1) is 11.4 Å². The molecule has 0 heterocycles. The molecule has 1 aromatic rings. The molecule has 1 rings (SSSR count). The molecule has 0 saturated heterocycles. The van der Waals surface area contributed by atoms with E-state index < -0.39 is 10.0 Å². The Balaban J connectivity index is 3.29. The molecule has 4 nitrogen and oxygen atoms in total. The summed E-state index contributed by atoms with van der Waals surface area (Å²) in [5, 5.41) is 0. The van der Waals surface area contributed by atoms with Gasteiger partial charge in [-0.15, -0.1) is 0 Å². The van der Waals surface area contributed by atoms with Crippen LogP contribution in [0.2, 0.25) is 0 Å². The van der Waals surface area contributed by atoms with E-state index in [9.17, 15) is 8.42 Å². The van der Waals surface area contributed by atoms with Crippen LogP contribution in [0, 0.1) is 24.7 Å². The quantitative estimate of drug-likeness (QED) is 0.846. The van der Waals surface area contributed by atoms with Crippen LogP contribution in [0.25, 0.3) is 0 Å². The van der Waals surface area contributed by atoms with Gasteiger partial charge in [0.1, 0.15) is 0 Å². The summed E-state index contributed by atoms with van der Waals surface area (Å²) in [4.78, 5) is 0.328. The second-order valence-electron chi connectivity index (χ2n) is 5.34. The molecule has 0 aliphatic heterocycles. The Morgan fingerprint density at radius 3 is 2.52 bits per heavy atom. The Hall–Kier alpha value is -1.35. The van der Waals surface area contributed by atoms with E-state index in [-0.39, 0.29) is 12.5 Å². The van der Waals surface area contributed by atoms with Crippen LogP contribution >= 0.6 is 0 Å². The Labute approximate surface area is 128 Å². The lowest BCUT2D eigenvalue weighted by Gasteiger charge is -2.23. The van der Waals surface area contributed by atoms with Gasteiger partial charge in [0.25, 0.3) is 0 Å². The Morgan fingerprint density at radius 1 is 1.33 bits per heavy atom. The predicted octanol–water partition coefficient (Wildman–Crippen LogP) is 1.97. The highest BCUT2D eigenvalue weighted by molar-refractivity contribution is 7.89. The fourth-order valence-electron chi connectivity index (χ4n) is 2.05. The van der Waals surface area contributed by atoms with Gasteiger partial charge in [-0.2, -0.15) is 4.31 Å². The maximum Gasteiger partial charge on any atom is 0.243 e. The minimum atomic E-state index is -3.49. The van der Waals surface area contributed by atoms with Crippen LogP contribution in [0.15, 0.2) is 23.1 Å². The number of nitrogens with two attached hydrogens (primary N) is 1. The van der Waals surface area contributed by atoms with Crippen molar-refractivity contribution in [2.75, 3.05) is 19.6 Å². The molecule has 21 heavy (non-hydrogen) atoms. The number of sulfonamides is 1. The van der Waals surface area contributed by atoms with E-state index in [0.29, 0.717) is 23.5 Å². The molecule has 0 aliphatic carbocycles. The second kappa shape index (κ2) is 7.60. The Kier molecular flexibility index (Phi) is 6.41. The van der Waals surface area contributed by atoms with Crippen LogP contribution < -0.4 is 5.73 Å². The van der Waals surface area contributed by atoms with Crippen molar-refractivity contribution in [3.8, 4) is 11.8 Å². The molecule has 5 heteroatoms. The topological polar surface area (TPSA) is 63.4 Å². The average Bonchev–Trinajstić information content (AvgIpc) is 2.43. The van der Waals surface area contributed by atoms with Crippen molar-refractivity contribution in [2.24, 2.45) is 11.7 Å². The lowest BCUT2D eigenvalue weighted by molar-refractivity contribution is 0.380. The van der Waals surface area contributed by atoms with Crippen LogP contribution in [0.5, 0.6) is 0 Å². The summed E-state index contributed by atoms with van der Waals surface area (Å²) in [6.07, 6.45) is 0. The monoisotopic (exact) mass is 308 g/mol. The first-order valence-electron chi connectivity index (χ1n) is 7.12. The number of hydrogen-bond acceptors (Lipinski definition) is 3. The van der Waals surface area contributed by atoms with Gasteiger partial charge >= 0.3 is 0 Å². The van der Waals surface area contributed by atoms with Crippen molar-refractivity contribution in [1.82, 2.24) is 4.31 Å². The van der Waals surface area contributed by atoms with Crippen molar-refractivity contribution >= 4 is 10.0 Å². The highest BCUT2D eigenvalue weighted by atomic mass is 32.2. The Morgan fingerprint density at radius 2 is 2.00 bits per heavy atom. The highest BCUT2D eigenvalue weighted by Crippen LogP contribution is 2.22. The van der Waals surface area contributed by atoms with Gasteiger partial charge < -0.3 is 5.73 Å². The van der Waals surface area contributed by atoms with Crippen LogP contribution in [0.1, 0.15) is 31.9 Å². The van der Waals surface area contributed by atoms with Gasteiger partial charge in [0.15, 0.2) is 0 Å². The minimum Gasteiger partial charge on any atom is -0.320 e. The summed E-state index contributed by atoms with van der Waals surface area (Å²) in [5.41, 5.74) is 6.76. The molecule has 0 bridgehead atoms. The molecule has 0 atom stereocenters. The molecular formula is C16H24N2O2S. The van der Waals surface area contributed by atoms with E-state index in [4.69, 9.17) is 5.73 Å². The summed E-state index contributed by atoms with van der Waals surface area (Å²) >= 11 is 0. The van der Waals surface area contributed by atoms with E-state index in [1.807, 2.05) is 26.8 Å². The van der Waals surface area contributed by atoms with Gasteiger partial charge in [-0.1, -0.05) is 38.7 Å². The first-order chi connectivity index (χ1) is 9.82. The number of nitrogens with zero attached hydrogens (tertiary/aromatic N) is 1. The molecule has 116 valence electrons. The molecule has 0 fully saturated rings. The van der Waals surface area contributed by atoms with Crippen molar-refractivity contribution in [3.63, 3.8) is 0 Å². The number of rotatable bonds is 5. The van der Waals surface area contributed by atoms with Crippen molar-refractivity contribution in [1.29, 1.82) is 0 Å². The largest absolute Gasteiger partial charge is 0.320 e. The molecule has 1 aromatic carbocycles. The summed E-state index contributed by atoms with van der Waals surface area (Å²) in [5.74, 6) is 5.91. The summed E-state index contributed by atoms with van der Waals surface area (Å²) < 4.78 is 27.1. The number of aryl methyl sites for hydroxylation is 1. The van der Waals surface area contributed by atoms with Crippen LogP contribution in [0.3, 0.4) is 0 Å². The molecule has 0 amide bonds. The third-order valence-corrected chi connectivity index (χ3v) is 5.14. The fraction of sp³-hybridized carbons (Fsp3) is 0.500. The smallest absolute Gasteiger partial charge is 0.243 e. The summed E-state index contributed by atoms with van der Waals surface area (Å²) in [6, 6.07) is 5.24. The zero-order valence-electron chi connectivity index (χ0n) is 13.2. The predicted molar refractivity (Wildman–Crippen MR) is 86.4 cm³/mol. The molecule has 0 aliphatic rings. The molecule has 0 spiro atoms. The first-order valence-corrected chi connectivity index (χ1v) is 8.56. The third-order valence-electron chi connectivity index (χ3n) is 3.06. The van der Waals surface area contributed by atoms with Gasteiger partial charge in [0, 0.05) is 18.7 Å². The lowest BCUT2D eigenvalue weighted by atomic mass is 10.1. The molecule has 0 unspecified atom stereocenters. The van der Waals surface area contributed by atoms with Gasteiger partial charge in [-0.3, -0.25) is 0 Å². The molecular weight excluding hydrogens is 284 g/mol. The fourth-order valence-corrected chi connectivity index (χ4v) is 3.92. The second-order valence-corrected chi connectivity index (χ2v) is 7.24. The molecule has 0 saturated carbocycles. The minimum absolute atomic E-state index is 0.254. The molecule has 0 aromatic heterocycles. The summed E-state index contributed by atoms with van der Waals surface area (Å²) in [7, 11) is -3.49. The SMILES string of the molecule is CCN(CC(C)C)S(=O)(=O)c1cc(C#CCN)ccc1C. The zero-order valence-corrected chi connectivity index (χ0v) is 14.0. The normalized spacial score (nSPS) is 11.6. The Bertz CT molecular complexity index is 640. The van der Waals surface area contributed by atoms with Crippen LogP contribution in [0.4, 0.5) is 0 Å². The van der Waals surface area contributed by atoms with Crippen LogP contribution in [-0.4, -0.2) is 32.4 Å². The van der Waals surface area contributed by atoms with Crippen molar-refractivity contribution in [3.05, 3.63) is 29.3 Å². The van der Waals surface area contributed by atoms with E-state index >= 15 is 0 Å². The van der Waals surface area contributed by atoms with Crippen molar-refractivity contribution < 1.29 is 8.42 Å². The standard InChI is InChI=1S/C16H24N2O2S/c1-5-18(12-13(2)3)21(19,20)16-11-15(7-6-10-17)9-8-14(16)4/h8-9,11,13H,5,10,12,17H2,1-4H3. The molecule has 0 radical (unpaired) electrons. The van der Waals surface area contributed by atoms with E-state index in [1.54, 1.807) is 19.1 Å². The van der Waals surface area contributed by atoms with Gasteiger partial charge in [-0.25, -0.2) is 8.42 Å². The molecule has 2 N–H and O–H groups in total.